The second kappa shape index (κ2) is 4.48. The third-order valence-electron chi connectivity index (χ3n) is 3.29. The van der Waals surface area contributed by atoms with Crippen molar-refractivity contribution in [1.82, 2.24) is 9.78 Å². The van der Waals surface area contributed by atoms with Crippen LogP contribution >= 0.6 is 0 Å². The number of aromatic nitrogens is 2. The predicted octanol–water partition coefficient (Wildman–Crippen LogP) is 3.21. The zero-order valence-electron chi connectivity index (χ0n) is 11.7. The fraction of sp³-hybridized carbons (Fsp3) is 0.400. The minimum atomic E-state index is 0.0643. The zero-order chi connectivity index (χ0) is 13.4. The summed E-state index contributed by atoms with van der Waals surface area (Å²) < 4.78 is 1.65. The average Bonchev–Trinajstić information content (AvgIpc) is 2.54. The van der Waals surface area contributed by atoms with Gasteiger partial charge in [-0.1, -0.05) is 31.5 Å². The minimum absolute atomic E-state index is 0.0643. The van der Waals surface area contributed by atoms with Crippen LogP contribution in [0.2, 0.25) is 0 Å². The Hall–Kier alpha value is -1.77. The lowest BCUT2D eigenvalue weighted by Gasteiger charge is -2.06. The smallest absolute Gasteiger partial charge is 0.274 e. The summed E-state index contributed by atoms with van der Waals surface area (Å²) in [5.41, 5.74) is 5.13. The standard InChI is InChI=1S/C15H20N2O/c1-9(2)14-12(5)16-17(15(14)18)13-7-6-10(3)8-11(13)4/h6-9,16H,1-5H3. The third-order valence-corrected chi connectivity index (χ3v) is 3.29. The third kappa shape index (κ3) is 2.01. The molecule has 0 aliphatic rings. The molecule has 2 rings (SSSR count). The van der Waals surface area contributed by atoms with E-state index in [0.717, 1.165) is 22.5 Å². The Bertz CT molecular complexity index is 632. The first kappa shape index (κ1) is 12.7. The number of nitrogens with zero attached hydrogens (tertiary/aromatic N) is 1. The average molecular weight is 244 g/mol. The molecular formula is C15H20N2O. The molecule has 0 fully saturated rings. The molecule has 96 valence electrons. The first-order valence-corrected chi connectivity index (χ1v) is 6.31. The lowest BCUT2D eigenvalue weighted by molar-refractivity contribution is 0.819. The molecule has 1 aromatic heterocycles. The normalized spacial score (nSPS) is 11.2. The molecule has 0 amide bonds. The molecular weight excluding hydrogens is 224 g/mol. The van der Waals surface area contributed by atoms with Gasteiger partial charge in [-0.25, -0.2) is 4.68 Å². The zero-order valence-corrected chi connectivity index (χ0v) is 11.7. The van der Waals surface area contributed by atoms with Crippen LogP contribution in [0.15, 0.2) is 23.0 Å². The van der Waals surface area contributed by atoms with Crippen molar-refractivity contribution in [3.05, 3.63) is 50.9 Å². The van der Waals surface area contributed by atoms with Crippen molar-refractivity contribution in [3.8, 4) is 5.69 Å². The quantitative estimate of drug-likeness (QED) is 0.865. The Morgan fingerprint density at radius 2 is 1.83 bits per heavy atom. The van der Waals surface area contributed by atoms with Gasteiger partial charge in [-0.2, -0.15) is 0 Å². The summed E-state index contributed by atoms with van der Waals surface area (Å²) in [7, 11) is 0. The highest BCUT2D eigenvalue weighted by Gasteiger charge is 2.15. The lowest BCUT2D eigenvalue weighted by atomic mass is 10.0. The summed E-state index contributed by atoms with van der Waals surface area (Å²) in [5, 5.41) is 3.18. The number of benzene rings is 1. The number of rotatable bonds is 2. The van der Waals surface area contributed by atoms with Gasteiger partial charge in [0, 0.05) is 11.3 Å². The molecule has 0 atom stereocenters. The summed E-state index contributed by atoms with van der Waals surface area (Å²) in [5.74, 6) is 0.237. The summed E-state index contributed by atoms with van der Waals surface area (Å²) >= 11 is 0. The number of H-pyrrole nitrogens is 1. The summed E-state index contributed by atoms with van der Waals surface area (Å²) in [6, 6.07) is 6.11. The fourth-order valence-electron chi connectivity index (χ4n) is 2.47. The highest BCUT2D eigenvalue weighted by Crippen LogP contribution is 2.17. The van der Waals surface area contributed by atoms with Crippen LogP contribution in [0.3, 0.4) is 0 Å². The molecule has 3 heteroatoms. The molecule has 0 bridgehead atoms. The van der Waals surface area contributed by atoms with Crippen LogP contribution in [0.1, 0.15) is 42.1 Å². The molecule has 2 aromatic rings. The van der Waals surface area contributed by atoms with Gasteiger partial charge in [-0.15, -0.1) is 0 Å². The number of hydrogen-bond acceptors (Lipinski definition) is 1. The molecule has 0 saturated heterocycles. The van der Waals surface area contributed by atoms with Crippen molar-refractivity contribution < 1.29 is 0 Å². The van der Waals surface area contributed by atoms with Crippen LogP contribution in [0, 0.1) is 20.8 Å². The van der Waals surface area contributed by atoms with E-state index in [1.807, 2.05) is 39.8 Å². The van der Waals surface area contributed by atoms with Gasteiger partial charge in [-0.3, -0.25) is 9.89 Å². The Morgan fingerprint density at radius 1 is 1.17 bits per heavy atom. The van der Waals surface area contributed by atoms with Crippen LogP contribution in [-0.2, 0) is 0 Å². The number of nitrogens with one attached hydrogen (secondary N) is 1. The highest BCUT2D eigenvalue weighted by atomic mass is 16.1. The molecule has 0 aliphatic heterocycles. The van der Waals surface area contributed by atoms with Gasteiger partial charge in [0.05, 0.1) is 5.69 Å². The lowest BCUT2D eigenvalue weighted by Crippen LogP contribution is -2.18. The van der Waals surface area contributed by atoms with E-state index < -0.39 is 0 Å². The SMILES string of the molecule is Cc1ccc(-n2[nH]c(C)c(C(C)C)c2=O)c(C)c1. The molecule has 18 heavy (non-hydrogen) atoms. The van der Waals surface area contributed by atoms with Gasteiger partial charge in [0.25, 0.3) is 5.56 Å². The second-order valence-corrected chi connectivity index (χ2v) is 5.24. The summed E-state index contributed by atoms with van der Waals surface area (Å²) in [6.45, 7) is 10.1. The Morgan fingerprint density at radius 3 is 2.33 bits per heavy atom. The van der Waals surface area contributed by atoms with Crippen LogP contribution in [-0.4, -0.2) is 9.78 Å². The van der Waals surface area contributed by atoms with Crippen molar-refractivity contribution in [2.45, 2.75) is 40.5 Å². The summed E-state index contributed by atoms with van der Waals surface area (Å²) in [6.07, 6.45) is 0. The molecule has 0 radical (unpaired) electrons. The maximum absolute atomic E-state index is 12.4. The van der Waals surface area contributed by atoms with Crippen molar-refractivity contribution in [3.63, 3.8) is 0 Å². The first-order chi connectivity index (χ1) is 8.41. The van der Waals surface area contributed by atoms with E-state index in [4.69, 9.17) is 0 Å². The van der Waals surface area contributed by atoms with Crippen molar-refractivity contribution in [1.29, 1.82) is 0 Å². The largest absolute Gasteiger partial charge is 0.295 e. The van der Waals surface area contributed by atoms with Crippen molar-refractivity contribution >= 4 is 0 Å². The molecule has 0 spiro atoms. The van der Waals surface area contributed by atoms with Gasteiger partial charge >= 0.3 is 0 Å². The van der Waals surface area contributed by atoms with Gasteiger partial charge in [0.1, 0.15) is 0 Å². The molecule has 0 aliphatic carbocycles. The van der Waals surface area contributed by atoms with E-state index >= 15 is 0 Å². The molecule has 1 heterocycles. The van der Waals surface area contributed by atoms with Crippen molar-refractivity contribution in [2.24, 2.45) is 0 Å². The van der Waals surface area contributed by atoms with E-state index in [-0.39, 0.29) is 11.5 Å². The van der Waals surface area contributed by atoms with Crippen LogP contribution in [0.25, 0.3) is 5.69 Å². The highest BCUT2D eigenvalue weighted by molar-refractivity contribution is 5.43. The van der Waals surface area contributed by atoms with E-state index in [0.29, 0.717) is 0 Å². The predicted molar refractivity (Wildman–Crippen MR) is 74.7 cm³/mol. The molecule has 0 unspecified atom stereocenters. The molecule has 1 N–H and O–H groups in total. The maximum atomic E-state index is 12.4. The van der Waals surface area contributed by atoms with E-state index in [1.54, 1.807) is 4.68 Å². The number of aryl methyl sites for hydroxylation is 3. The van der Waals surface area contributed by atoms with Crippen LogP contribution < -0.4 is 5.56 Å². The molecule has 3 nitrogen and oxygen atoms in total. The van der Waals surface area contributed by atoms with Crippen LogP contribution in [0.4, 0.5) is 0 Å². The van der Waals surface area contributed by atoms with E-state index in [2.05, 4.69) is 18.1 Å². The monoisotopic (exact) mass is 244 g/mol. The molecule has 1 aromatic carbocycles. The van der Waals surface area contributed by atoms with Gasteiger partial charge in [0.15, 0.2) is 0 Å². The summed E-state index contributed by atoms with van der Waals surface area (Å²) in [4.78, 5) is 12.4. The topological polar surface area (TPSA) is 37.8 Å². The fourth-order valence-corrected chi connectivity index (χ4v) is 2.47. The first-order valence-electron chi connectivity index (χ1n) is 6.31. The van der Waals surface area contributed by atoms with E-state index in [1.165, 1.54) is 5.56 Å². The van der Waals surface area contributed by atoms with Gasteiger partial charge in [0.2, 0.25) is 0 Å². The second-order valence-electron chi connectivity index (χ2n) is 5.24. The Labute approximate surface area is 107 Å². The van der Waals surface area contributed by atoms with Crippen LogP contribution in [0.5, 0.6) is 0 Å². The minimum Gasteiger partial charge on any atom is -0.295 e. The maximum Gasteiger partial charge on any atom is 0.274 e. The number of hydrogen-bond donors (Lipinski definition) is 1. The van der Waals surface area contributed by atoms with Gasteiger partial charge < -0.3 is 0 Å². The Kier molecular flexibility index (Phi) is 3.16. The number of aromatic amines is 1. The Balaban J connectivity index is 2.66. The molecule has 0 saturated carbocycles. The van der Waals surface area contributed by atoms with Crippen molar-refractivity contribution in [2.75, 3.05) is 0 Å². The van der Waals surface area contributed by atoms with Gasteiger partial charge in [-0.05, 0) is 38.3 Å². The van der Waals surface area contributed by atoms with E-state index in [9.17, 15) is 4.79 Å².